The van der Waals surface area contributed by atoms with Gasteiger partial charge in [-0.2, -0.15) is 13.2 Å². The number of hydrogen-bond acceptors (Lipinski definition) is 8. The fourth-order valence-corrected chi connectivity index (χ4v) is 4.40. The number of anilines is 3. The van der Waals surface area contributed by atoms with Crippen molar-refractivity contribution in [1.29, 1.82) is 0 Å². The van der Waals surface area contributed by atoms with Gasteiger partial charge in [0.2, 0.25) is 5.91 Å². The lowest BCUT2D eigenvalue weighted by Crippen LogP contribution is -2.28. The van der Waals surface area contributed by atoms with Crippen molar-refractivity contribution < 1.29 is 18.0 Å². The summed E-state index contributed by atoms with van der Waals surface area (Å²) in [5.74, 6) is -0.324. The zero-order chi connectivity index (χ0) is 23.9. The van der Waals surface area contributed by atoms with Crippen molar-refractivity contribution in [3.05, 3.63) is 41.3 Å². The Kier molecular flexibility index (Phi) is 6.23. The van der Waals surface area contributed by atoms with Crippen LogP contribution in [0.1, 0.15) is 43.8 Å². The molecule has 1 amide bonds. The maximum atomic E-state index is 13.2. The summed E-state index contributed by atoms with van der Waals surface area (Å²) in [4.78, 5) is 28.3. The number of aromatic nitrogens is 2. The Bertz CT molecular complexity index is 1110. The third-order valence-electron chi connectivity index (χ3n) is 5.59. The van der Waals surface area contributed by atoms with E-state index in [9.17, 15) is 18.0 Å². The van der Waals surface area contributed by atoms with Gasteiger partial charge in [-0.25, -0.2) is 14.7 Å². The molecule has 0 saturated heterocycles. The number of amides is 1. The van der Waals surface area contributed by atoms with Crippen LogP contribution in [0.2, 0.25) is 0 Å². The number of pyridine rings is 2. The summed E-state index contributed by atoms with van der Waals surface area (Å²) in [6.45, 7) is 6.51. The van der Waals surface area contributed by atoms with Gasteiger partial charge < -0.3 is 15.1 Å². The van der Waals surface area contributed by atoms with Crippen molar-refractivity contribution in [2.45, 2.75) is 45.6 Å². The van der Waals surface area contributed by atoms with E-state index < -0.39 is 23.8 Å². The first kappa shape index (κ1) is 23.3. The van der Waals surface area contributed by atoms with Gasteiger partial charge in [-0.15, -0.1) is 0 Å². The molecule has 0 aromatic carbocycles. The Morgan fingerprint density at radius 2 is 2.06 bits per heavy atom. The second-order valence-corrected chi connectivity index (χ2v) is 8.95. The fraction of sp³-hybridized carbons (Fsp3) is 0.429. The molecule has 4 heterocycles. The number of hydrogen-bond donors (Lipinski definition) is 2. The molecular formula is C21H24F3N7OS. The van der Waals surface area contributed by atoms with E-state index >= 15 is 0 Å². The Morgan fingerprint density at radius 1 is 1.30 bits per heavy atom. The van der Waals surface area contributed by atoms with Crippen molar-refractivity contribution >= 4 is 40.2 Å². The molecule has 0 fully saturated rings. The van der Waals surface area contributed by atoms with E-state index in [2.05, 4.69) is 43.7 Å². The quantitative estimate of drug-likeness (QED) is 0.642. The fourth-order valence-electron chi connectivity index (χ4n) is 3.69. The smallest absolute Gasteiger partial charge is 0.368 e. The second kappa shape index (κ2) is 8.82. The predicted molar refractivity (Wildman–Crippen MR) is 123 cm³/mol. The Morgan fingerprint density at radius 3 is 2.73 bits per heavy atom. The number of carbonyl (C=O) groups is 1. The number of halogens is 3. The van der Waals surface area contributed by atoms with Gasteiger partial charge in [0.15, 0.2) is 17.2 Å². The third kappa shape index (κ3) is 4.76. The maximum absolute atomic E-state index is 13.2. The Balaban J connectivity index is 1.59. The molecule has 1 unspecified atom stereocenters. The zero-order valence-electron chi connectivity index (χ0n) is 18.6. The summed E-state index contributed by atoms with van der Waals surface area (Å²) in [5, 5.41) is 3.35. The van der Waals surface area contributed by atoms with E-state index in [0.29, 0.717) is 11.2 Å². The molecule has 0 bridgehead atoms. The van der Waals surface area contributed by atoms with Crippen molar-refractivity contribution in [2.75, 3.05) is 28.7 Å². The van der Waals surface area contributed by atoms with Gasteiger partial charge in [-0.05, 0) is 49.9 Å². The van der Waals surface area contributed by atoms with Gasteiger partial charge in [0.25, 0.3) is 0 Å². The van der Waals surface area contributed by atoms with Crippen LogP contribution in [0.15, 0.2) is 29.5 Å². The van der Waals surface area contributed by atoms with Gasteiger partial charge in [0.05, 0.1) is 16.9 Å². The van der Waals surface area contributed by atoms with Gasteiger partial charge >= 0.3 is 6.18 Å². The van der Waals surface area contributed by atoms with Crippen LogP contribution in [-0.2, 0) is 17.4 Å². The first-order chi connectivity index (χ1) is 15.5. The Labute approximate surface area is 193 Å². The first-order valence-electron chi connectivity index (χ1n) is 10.4. The molecule has 0 aliphatic carbocycles. The predicted octanol–water partition coefficient (Wildman–Crippen LogP) is 3.97. The van der Waals surface area contributed by atoms with E-state index in [1.54, 1.807) is 0 Å². The minimum absolute atomic E-state index is 0.00676. The third-order valence-corrected chi connectivity index (χ3v) is 6.33. The van der Waals surface area contributed by atoms with Crippen molar-refractivity contribution in [3.8, 4) is 0 Å². The molecule has 33 heavy (non-hydrogen) atoms. The SMILES string of the molecule is CC(=O)N(C)c1cc(C(F)(F)F)cnc1NC1=NC(c2cc3c(cn2)CCN3C(C)C)NS1. The highest BCUT2D eigenvalue weighted by atomic mass is 32.2. The molecule has 12 heteroatoms. The largest absolute Gasteiger partial charge is 0.417 e. The highest BCUT2D eigenvalue weighted by Crippen LogP contribution is 2.36. The van der Waals surface area contributed by atoms with Crippen LogP contribution in [0.3, 0.4) is 0 Å². The molecule has 0 spiro atoms. The molecular weight excluding hydrogens is 455 g/mol. The monoisotopic (exact) mass is 479 g/mol. The first-order valence-corrected chi connectivity index (χ1v) is 11.2. The lowest BCUT2D eigenvalue weighted by molar-refractivity contribution is -0.137. The number of nitrogens with one attached hydrogen (secondary N) is 2. The lowest BCUT2D eigenvalue weighted by atomic mass is 10.2. The highest BCUT2D eigenvalue weighted by molar-refractivity contribution is 8.12. The average Bonchev–Trinajstić information content (AvgIpc) is 3.39. The average molecular weight is 480 g/mol. The van der Waals surface area contributed by atoms with Crippen LogP contribution >= 0.6 is 11.9 Å². The molecule has 2 aromatic rings. The molecule has 2 aliphatic heterocycles. The van der Waals surface area contributed by atoms with Crippen LogP contribution in [-0.4, -0.2) is 40.7 Å². The minimum Gasteiger partial charge on any atom is -0.368 e. The number of fused-ring (bicyclic) bond motifs is 1. The number of alkyl halides is 3. The van der Waals surface area contributed by atoms with Crippen LogP contribution < -0.4 is 19.8 Å². The molecule has 0 saturated carbocycles. The van der Waals surface area contributed by atoms with E-state index in [0.717, 1.165) is 41.5 Å². The van der Waals surface area contributed by atoms with Crippen molar-refractivity contribution in [2.24, 2.45) is 4.99 Å². The zero-order valence-corrected chi connectivity index (χ0v) is 19.4. The molecule has 2 aliphatic rings. The number of carbonyl (C=O) groups excluding carboxylic acids is 1. The lowest BCUT2D eigenvalue weighted by Gasteiger charge is -2.24. The van der Waals surface area contributed by atoms with Gasteiger partial charge in [-0.3, -0.25) is 9.78 Å². The van der Waals surface area contributed by atoms with Crippen LogP contribution in [0.4, 0.5) is 30.4 Å². The number of nitrogens with zero attached hydrogens (tertiary/aromatic N) is 5. The maximum Gasteiger partial charge on any atom is 0.417 e. The molecule has 176 valence electrons. The van der Waals surface area contributed by atoms with Gasteiger partial charge in [0.1, 0.15) is 0 Å². The number of rotatable bonds is 4. The molecule has 1 atom stereocenters. The molecule has 2 aromatic heterocycles. The summed E-state index contributed by atoms with van der Waals surface area (Å²) < 4.78 is 42.7. The summed E-state index contributed by atoms with van der Waals surface area (Å²) in [6.07, 6.45) is -1.45. The standard InChI is InChI=1S/C21H24F3N7OS/c1-11(2)31-6-5-13-9-25-15(8-16(13)31)18-27-20(33-29-18)28-19-17(30(4)12(3)32)7-14(10-26-19)21(22,23)24/h7-11,18,29H,5-6H2,1-4H3,(H,26,27,28). The van der Waals surface area contributed by atoms with Crippen LogP contribution in [0.5, 0.6) is 0 Å². The topological polar surface area (TPSA) is 85.8 Å². The summed E-state index contributed by atoms with van der Waals surface area (Å²) in [7, 11) is 1.39. The van der Waals surface area contributed by atoms with Crippen LogP contribution in [0, 0.1) is 0 Å². The molecule has 2 N–H and O–H groups in total. The van der Waals surface area contributed by atoms with E-state index in [1.807, 2.05) is 12.3 Å². The summed E-state index contributed by atoms with van der Waals surface area (Å²) in [5.41, 5.74) is 2.16. The van der Waals surface area contributed by atoms with E-state index in [4.69, 9.17) is 0 Å². The van der Waals surface area contributed by atoms with E-state index in [1.165, 1.54) is 31.5 Å². The minimum atomic E-state index is -4.58. The van der Waals surface area contributed by atoms with Crippen LogP contribution in [0.25, 0.3) is 0 Å². The second-order valence-electron chi connectivity index (χ2n) is 8.12. The van der Waals surface area contributed by atoms with E-state index in [-0.39, 0.29) is 11.5 Å². The Hall–Kier alpha value is -2.86. The molecule has 4 rings (SSSR count). The number of aliphatic imine (C=N–C) groups is 1. The number of amidine groups is 1. The van der Waals surface area contributed by atoms with Crippen molar-refractivity contribution in [3.63, 3.8) is 0 Å². The van der Waals surface area contributed by atoms with Crippen molar-refractivity contribution in [1.82, 2.24) is 14.7 Å². The van der Waals surface area contributed by atoms with Gasteiger partial charge in [0, 0.05) is 44.6 Å². The molecule has 0 radical (unpaired) electrons. The highest BCUT2D eigenvalue weighted by Gasteiger charge is 2.33. The summed E-state index contributed by atoms with van der Waals surface area (Å²) in [6, 6.07) is 3.29. The van der Waals surface area contributed by atoms with Gasteiger partial charge in [-0.1, -0.05) is 0 Å². The molecule has 8 nitrogen and oxygen atoms in total. The normalized spacial score (nSPS) is 17.9. The summed E-state index contributed by atoms with van der Waals surface area (Å²) >= 11 is 1.19.